The summed E-state index contributed by atoms with van der Waals surface area (Å²) in [4.78, 5) is 24.6. The lowest BCUT2D eigenvalue weighted by Crippen LogP contribution is -2.30. The largest absolute Gasteiger partial charge is 0.506 e. The number of carbonyl (C=O) groups is 2. The first-order chi connectivity index (χ1) is 12.5. The van der Waals surface area contributed by atoms with Crippen molar-refractivity contribution < 1.29 is 19.4 Å². The van der Waals surface area contributed by atoms with E-state index >= 15 is 0 Å². The Morgan fingerprint density at radius 1 is 1.04 bits per heavy atom. The Hall–Kier alpha value is -2.86. The van der Waals surface area contributed by atoms with E-state index < -0.39 is 18.0 Å². The number of hydrogen-bond donors (Lipinski definition) is 2. The van der Waals surface area contributed by atoms with Crippen molar-refractivity contribution in [2.75, 3.05) is 5.32 Å². The normalized spacial score (nSPS) is 11.8. The van der Waals surface area contributed by atoms with Crippen LogP contribution in [0.4, 0.5) is 5.69 Å². The molecule has 2 N–H and O–H groups in total. The van der Waals surface area contributed by atoms with Gasteiger partial charge in [-0.25, -0.2) is 4.79 Å². The van der Waals surface area contributed by atoms with Crippen molar-refractivity contribution in [3.63, 3.8) is 0 Å². The summed E-state index contributed by atoms with van der Waals surface area (Å²) >= 11 is 3.32. The first-order valence-corrected chi connectivity index (χ1v) is 8.73. The molecular weight excluding hydrogens is 398 g/mol. The highest BCUT2D eigenvalue weighted by atomic mass is 79.9. The van der Waals surface area contributed by atoms with Crippen LogP contribution in [0.5, 0.6) is 5.75 Å². The van der Waals surface area contributed by atoms with Crippen LogP contribution in [-0.2, 0) is 9.53 Å². The van der Waals surface area contributed by atoms with Gasteiger partial charge in [0.1, 0.15) is 11.3 Å². The molecule has 0 aliphatic rings. The molecule has 0 aliphatic heterocycles. The maximum atomic E-state index is 12.4. The highest BCUT2D eigenvalue weighted by molar-refractivity contribution is 9.10. The third-order valence-corrected chi connectivity index (χ3v) is 4.41. The third-order valence-electron chi connectivity index (χ3n) is 3.89. The van der Waals surface area contributed by atoms with Gasteiger partial charge in [0.25, 0.3) is 5.91 Å². The molecule has 3 rings (SSSR count). The van der Waals surface area contributed by atoms with E-state index in [9.17, 15) is 14.7 Å². The van der Waals surface area contributed by atoms with Crippen LogP contribution in [0.1, 0.15) is 17.3 Å². The second-order valence-corrected chi connectivity index (χ2v) is 6.64. The fourth-order valence-corrected chi connectivity index (χ4v) is 2.74. The summed E-state index contributed by atoms with van der Waals surface area (Å²) in [7, 11) is 0. The van der Waals surface area contributed by atoms with E-state index in [1.54, 1.807) is 42.5 Å². The zero-order valence-electron chi connectivity index (χ0n) is 13.9. The number of benzene rings is 3. The van der Waals surface area contributed by atoms with Crippen molar-refractivity contribution >= 4 is 44.3 Å². The smallest absolute Gasteiger partial charge is 0.342 e. The molecule has 0 unspecified atom stereocenters. The fraction of sp³-hybridized carbons (Fsp3) is 0.100. The molecule has 6 heteroatoms. The van der Waals surface area contributed by atoms with Crippen LogP contribution in [0.3, 0.4) is 0 Å². The fourth-order valence-electron chi connectivity index (χ4n) is 2.47. The van der Waals surface area contributed by atoms with Gasteiger partial charge in [-0.2, -0.15) is 0 Å². The zero-order chi connectivity index (χ0) is 18.7. The standard InChI is InChI=1S/C20H16BrNO4/c1-12(19(24)22-15-9-7-14(21)8-10-15)26-20(25)17-11-6-13-4-2-3-5-16(13)18(17)23/h2-12,23H,1H3,(H,22,24)/t12-/m0/s1. The molecule has 1 amide bonds. The maximum absolute atomic E-state index is 12.4. The summed E-state index contributed by atoms with van der Waals surface area (Å²) in [6.45, 7) is 1.48. The molecule has 26 heavy (non-hydrogen) atoms. The number of ether oxygens (including phenoxy) is 1. The van der Waals surface area contributed by atoms with Crippen molar-refractivity contribution in [1.82, 2.24) is 0 Å². The van der Waals surface area contributed by atoms with E-state index in [0.29, 0.717) is 11.1 Å². The van der Waals surface area contributed by atoms with Gasteiger partial charge in [-0.15, -0.1) is 0 Å². The van der Waals surface area contributed by atoms with Crippen molar-refractivity contribution in [2.24, 2.45) is 0 Å². The predicted molar refractivity (Wildman–Crippen MR) is 103 cm³/mol. The molecule has 0 aromatic heterocycles. The summed E-state index contributed by atoms with van der Waals surface area (Å²) < 4.78 is 6.09. The lowest BCUT2D eigenvalue weighted by molar-refractivity contribution is -0.123. The Kier molecular flexibility index (Phi) is 5.23. The van der Waals surface area contributed by atoms with Crippen LogP contribution >= 0.6 is 15.9 Å². The van der Waals surface area contributed by atoms with E-state index in [0.717, 1.165) is 9.86 Å². The molecule has 1 atom stereocenters. The first kappa shape index (κ1) is 17.9. The summed E-state index contributed by atoms with van der Waals surface area (Å²) in [5, 5.41) is 14.4. The number of phenols is 1. The van der Waals surface area contributed by atoms with E-state index in [2.05, 4.69) is 21.2 Å². The number of anilines is 1. The van der Waals surface area contributed by atoms with Gasteiger partial charge < -0.3 is 15.2 Å². The van der Waals surface area contributed by atoms with Gasteiger partial charge in [0, 0.05) is 15.5 Å². The van der Waals surface area contributed by atoms with Crippen molar-refractivity contribution in [2.45, 2.75) is 13.0 Å². The summed E-state index contributed by atoms with van der Waals surface area (Å²) in [5.41, 5.74) is 0.613. The van der Waals surface area contributed by atoms with Crippen molar-refractivity contribution in [3.05, 3.63) is 70.7 Å². The zero-order valence-corrected chi connectivity index (χ0v) is 15.5. The van der Waals surface area contributed by atoms with Crippen LogP contribution in [0.15, 0.2) is 65.1 Å². The monoisotopic (exact) mass is 413 g/mol. The molecule has 0 bridgehead atoms. The van der Waals surface area contributed by atoms with E-state index in [4.69, 9.17) is 4.74 Å². The number of esters is 1. The Bertz CT molecular complexity index is 969. The summed E-state index contributed by atoms with van der Waals surface area (Å²) in [6.07, 6.45) is -1.02. The minimum absolute atomic E-state index is 0.0204. The minimum atomic E-state index is -1.02. The molecule has 3 aromatic carbocycles. The van der Waals surface area contributed by atoms with Crippen LogP contribution in [0.2, 0.25) is 0 Å². The Labute approximate surface area is 158 Å². The average Bonchev–Trinajstić information content (AvgIpc) is 2.64. The summed E-state index contributed by atoms with van der Waals surface area (Å²) in [6, 6.07) is 17.4. The Morgan fingerprint density at radius 2 is 1.73 bits per heavy atom. The molecule has 3 aromatic rings. The SMILES string of the molecule is C[C@H](OC(=O)c1ccc2ccccc2c1O)C(=O)Nc1ccc(Br)cc1. The van der Waals surface area contributed by atoms with Crippen LogP contribution in [-0.4, -0.2) is 23.1 Å². The number of nitrogens with one attached hydrogen (secondary N) is 1. The molecule has 0 radical (unpaired) electrons. The van der Waals surface area contributed by atoms with Crippen molar-refractivity contribution in [1.29, 1.82) is 0 Å². The molecule has 0 heterocycles. The molecule has 0 spiro atoms. The molecule has 0 saturated heterocycles. The third kappa shape index (κ3) is 3.86. The predicted octanol–water partition coefficient (Wildman–Crippen LogP) is 4.49. The molecule has 0 aliphatic carbocycles. The van der Waals surface area contributed by atoms with Gasteiger partial charge in [0.2, 0.25) is 0 Å². The number of amides is 1. The maximum Gasteiger partial charge on any atom is 0.342 e. The lowest BCUT2D eigenvalue weighted by Gasteiger charge is -2.14. The van der Waals surface area contributed by atoms with Gasteiger partial charge in [0.05, 0.1) is 0 Å². The number of fused-ring (bicyclic) bond motifs is 1. The highest BCUT2D eigenvalue weighted by Gasteiger charge is 2.22. The number of hydrogen-bond acceptors (Lipinski definition) is 4. The van der Waals surface area contributed by atoms with Crippen LogP contribution < -0.4 is 5.32 Å². The number of rotatable bonds is 4. The molecule has 0 fully saturated rings. The van der Waals surface area contributed by atoms with Gasteiger partial charge in [0.15, 0.2) is 6.10 Å². The second-order valence-electron chi connectivity index (χ2n) is 5.73. The Morgan fingerprint density at radius 3 is 2.46 bits per heavy atom. The first-order valence-electron chi connectivity index (χ1n) is 7.94. The molecule has 0 saturated carbocycles. The second kappa shape index (κ2) is 7.58. The topological polar surface area (TPSA) is 75.6 Å². The molecular formula is C20H16BrNO4. The van der Waals surface area contributed by atoms with Crippen LogP contribution in [0, 0.1) is 0 Å². The van der Waals surface area contributed by atoms with Gasteiger partial charge >= 0.3 is 5.97 Å². The van der Waals surface area contributed by atoms with Crippen LogP contribution in [0.25, 0.3) is 10.8 Å². The van der Waals surface area contributed by atoms with Gasteiger partial charge in [-0.05, 0) is 42.6 Å². The lowest BCUT2D eigenvalue weighted by atomic mass is 10.1. The number of phenolic OH excluding ortho intramolecular Hbond substituents is 1. The highest BCUT2D eigenvalue weighted by Crippen LogP contribution is 2.29. The van der Waals surface area contributed by atoms with E-state index in [1.165, 1.54) is 13.0 Å². The number of carbonyl (C=O) groups excluding carboxylic acids is 2. The number of aromatic hydroxyl groups is 1. The van der Waals surface area contributed by atoms with Crippen molar-refractivity contribution in [3.8, 4) is 5.75 Å². The average molecular weight is 414 g/mol. The Balaban J connectivity index is 1.71. The molecule has 132 valence electrons. The van der Waals surface area contributed by atoms with E-state index in [-0.39, 0.29) is 11.3 Å². The van der Waals surface area contributed by atoms with Gasteiger partial charge in [-0.1, -0.05) is 46.3 Å². The summed E-state index contributed by atoms with van der Waals surface area (Å²) in [5.74, 6) is -1.37. The van der Waals surface area contributed by atoms with Gasteiger partial charge in [-0.3, -0.25) is 4.79 Å². The van der Waals surface area contributed by atoms with E-state index in [1.807, 2.05) is 12.1 Å². The molecule has 5 nitrogen and oxygen atoms in total. The minimum Gasteiger partial charge on any atom is -0.506 e. The quantitative estimate of drug-likeness (QED) is 0.617. The number of halogens is 1.